The zero-order valence-electron chi connectivity index (χ0n) is 6.57. The monoisotopic (exact) mass is 185 g/mol. The Balaban J connectivity index is 3.28. The van der Waals surface area contributed by atoms with Crippen LogP contribution in [0.2, 0.25) is 0 Å². The van der Waals surface area contributed by atoms with Crippen molar-refractivity contribution >= 4 is 6.09 Å². The van der Waals surface area contributed by atoms with Gasteiger partial charge >= 0.3 is 12.3 Å². The van der Waals surface area contributed by atoms with E-state index in [1.165, 1.54) is 7.05 Å². The zero-order valence-corrected chi connectivity index (χ0v) is 6.57. The van der Waals surface area contributed by atoms with Crippen LogP contribution in [0.1, 0.15) is 12.8 Å². The van der Waals surface area contributed by atoms with Crippen LogP contribution in [0.5, 0.6) is 0 Å². The first-order valence-electron chi connectivity index (χ1n) is 3.37. The lowest BCUT2D eigenvalue weighted by Gasteiger charge is -2.06. The third-order valence-electron chi connectivity index (χ3n) is 1.04. The molecule has 0 atom stereocenters. The van der Waals surface area contributed by atoms with Gasteiger partial charge in [0.1, 0.15) is 0 Å². The predicted molar refractivity (Wildman–Crippen MR) is 35.7 cm³/mol. The van der Waals surface area contributed by atoms with E-state index in [4.69, 9.17) is 0 Å². The number of hydrogen-bond donors (Lipinski definition) is 1. The fourth-order valence-corrected chi connectivity index (χ4v) is 0.510. The molecular weight excluding hydrogens is 175 g/mol. The molecule has 0 heterocycles. The SMILES string of the molecule is CNC(=O)OCCCC(F)(F)F. The highest BCUT2D eigenvalue weighted by atomic mass is 19.4. The van der Waals surface area contributed by atoms with Crippen LogP contribution in [-0.2, 0) is 4.74 Å². The summed E-state index contributed by atoms with van der Waals surface area (Å²) in [7, 11) is 1.34. The van der Waals surface area contributed by atoms with Gasteiger partial charge in [0.15, 0.2) is 0 Å². The summed E-state index contributed by atoms with van der Waals surface area (Å²) >= 11 is 0. The highest BCUT2D eigenvalue weighted by molar-refractivity contribution is 5.66. The van der Waals surface area contributed by atoms with Gasteiger partial charge in [-0.15, -0.1) is 0 Å². The molecule has 0 aliphatic heterocycles. The molecule has 0 fully saturated rings. The molecule has 3 nitrogen and oxygen atoms in total. The Morgan fingerprint density at radius 3 is 2.50 bits per heavy atom. The summed E-state index contributed by atoms with van der Waals surface area (Å²) in [6.45, 7) is -0.209. The van der Waals surface area contributed by atoms with Crippen LogP contribution in [0, 0.1) is 0 Å². The molecular formula is C6H10F3NO2. The highest BCUT2D eigenvalue weighted by Crippen LogP contribution is 2.20. The maximum Gasteiger partial charge on any atom is 0.406 e. The van der Waals surface area contributed by atoms with Gasteiger partial charge in [0.2, 0.25) is 0 Å². The zero-order chi connectivity index (χ0) is 9.61. The van der Waals surface area contributed by atoms with Crippen molar-refractivity contribution in [1.29, 1.82) is 0 Å². The van der Waals surface area contributed by atoms with Gasteiger partial charge in [-0.1, -0.05) is 0 Å². The van der Waals surface area contributed by atoms with E-state index in [9.17, 15) is 18.0 Å². The van der Waals surface area contributed by atoms with Gasteiger partial charge in [-0.2, -0.15) is 13.2 Å². The van der Waals surface area contributed by atoms with Crippen LogP contribution in [0.15, 0.2) is 0 Å². The fraction of sp³-hybridized carbons (Fsp3) is 0.833. The second-order valence-electron chi connectivity index (χ2n) is 2.10. The van der Waals surface area contributed by atoms with Gasteiger partial charge in [-0.05, 0) is 6.42 Å². The molecule has 0 rings (SSSR count). The minimum atomic E-state index is -4.17. The Morgan fingerprint density at radius 2 is 2.08 bits per heavy atom. The first-order valence-corrected chi connectivity index (χ1v) is 3.37. The van der Waals surface area contributed by atoms with Crippen LogP contribution in [0.3, 0.4) is 0 Å². The van der Waals surface area contributed by atoms with E-state index in [-0.39, 0.29) is 13.0 Å². The first-order chi connectivity index (χ1) is 5.45. The molecule has 1 N–H and O–H groups in total. The van der Waals surface area contributed by atoms with E-state index in [0.717, 1.165) is 0 Å². The summed E-state index contributed by atoms with van der Waals surface area (Å²) in [6, 6.07) is 0. The number of hydrogen-bond acceptors (Lipinski definition) is 2. The number of halogens is 3. The largest absolute Gasteiger partial charge is 0.450 e. The molecule has 0 unspecified atom stereocenters. The van der Waals surface area contributed by atoms with Gasteiger partial charge in [0, 0.05) is 13.5 Å². The molecule has 0 aromatic carbocycles. The summed E-state index contributed by atoms with van der Waals surface area (Å²) in [4.78, 5) is 10.3. The Hall–Kier alpha value is -0.940. The second kappa shape index (κ2) is 4.84. The molecule has 0 spiro atoms. The van der Waals surface area contributed by atoms with E-state index in [2.05, 4.69) is 10.1 Å². The lowest BCUT2D eigenvalue weighted by molar-refractivity contribution is -0.137. The molecule has 0 bridgehead atoms. The molecule has 1 amide bonds. The second-order valence-corrected chi connectivity index (χ2v) is 2.10. The average molecular weight is 185 g/mol. The van der Waals surface area contributed by atoms with E-state index in [1.807, 2.05) is 0 Å². The van der Waals surface area contributed by atoms with E-state index in [1.54, 1.807) is 0 Å². The molecule has 0 saturated heterocycles. The van der Waals surface area contributed by atoms with Crippen molar-refractivity contribution in [3.63, 3.8) is 0 Å². The minimum absolute atomic E-state index is 0.198. The minimum Gasteiger partial charge on any atom is -0.450 e. The summed E-state index contributed by atoms with van der Waals surface area (Å²) in [5, 5.41) is 2.12. The van der Waals surface area contributed by atoms with Crippen molar-refractivity contribution in [3.8, 4) is 0 Å². The molecule has 0 saturated carbocycles. The Bertz CT molecular complexity index is 146. The van der Waals surface area contributed by atoms with Crippen molar-refractivity contribution in [1.82, 2.24) is 5.32 Å². The topological polar surface area (TPSA) is 38.3 Å². The number of amides is 1. The van der Waals surface area contributed by atoms with Crippen LogP contribution >= 0.6 is 0 Å². The van der Waals surface area contributed by atoms with Gasteiger partial charge in [-0.3, -0.25) is 0 Å². The van der Waals surface area contributed by atoms with Gasteiger partial charge in [0.05, 0.1) is 6.61 Å². The fourth-order valence-electron chi connectivity index (χ4n) is 0.510. The molecule has 12 heavy (non-hydrogen) atoms. The van der Waals surface area contributed by atoms with Crippen molar-refractivity contribution in [3.05, 3.63) is 0 Å². The number of rotatable bonds is 3. The number of ether oxygens (including phenoxy) is 1. The first kappa shape index (κ1) is 11.1. The van der Waals surface area contributed by atoms with Crippen LogP contribution in [0.25, 0.3) is 0 Å². The van der Waals surface area contributed by atoms with E-state index in [0.29, 0.717) is 0 Å². The Kier molecular flexibility index (Phi) is 4.46. The molecule has 0 aliphatic carbocycles. The molecule has 0 aromatic rings. The number of carbonyl (C=O) groups excluding carboxylic acids is 1. The Labute approximate surface area is 67.9 Å². The highest BCUT2D eigenvalue weighted by Gasteiger charge is 2.26. The van der Waals surface area contributed by atoms with Gasteiger partial charge in [-0.25, -0.2) is 4.79 Å². The molecule has 0 radical (unpaired) electrons. The van der Waals surface area contributed by atoms with Gasteiger partial charge < -0.3 is 10.1 Å². The molecule has 72 valence electrons. The predicted octanol–water partition coefficient (Wildman–Crippen LogP) is 1.68. The summed E-state index contributed by atoms with van der Waals surface area (Å²) in [6.07, 6.45) is -6.01. The smallest absolute Gasteiger partial charge is 0.406 e. The average Bonchev–Trinajstić information content (AvgIpc) is 1.96. The number of alkyl carbamates (subject to hydrolysis) is 1. The van der Waals surface area contributed by atoms with Crippen LogP contribution in [0.4, 0.5) is 18.0 Å². The van der Waals surface area contributed by atoms with Crippen molar-refractivity contribution in [2.24, 2.45) is 0 Å². The lowest BCUT2D eigenvalue weighted by Crippen LogP contribution is -2.20. The summed E-state index contributed by atoms with van der Waals surface area (Å²) < 4.78 is 38.9. The van der Waals surface area contributed by atoms with Crippen LogP contribution in [-0.4, -0.2) is 25.9 Å². The van der Waals surface area contributed by atoms with Gasteiger partial charge in [0.25, 0.3) is 0 Å². The maximum atomic E-state index is 11.5. The third-order valence-corrected chi connectivity index (χ3v) is 1.04. The van der Waals surface area contributed by atoms with E-state index >= 15 is 0 Å². The molecule has 6 heteroatoms. The number of alkyl halides is 3. The number of carbonyl (C=O) groups is 1. The van der Waals surface area contributed by atoms with Crippen molar-refractivity contribution in [2.75, 3.05) is 13.7 Å². The van der Waals surface area contributed by atoms with E-state index < -0.39 is 18.7 Å². The summed E-state index contributed by atoms with van der Waals surface area (Å²) in [5.41, 5.74) is 0. The third kappa shape index (κ3) is 7.17. The molecule has 0 aliphatic rings. The normalized spacial score (nSPS) is 11.0. The summed E-state index contributed by atoms with van der Waals surface area (Å²) in [5.74, 6) is 0. The van der Waals surface area contributed by atoms with Crippen molar-refractivity contribution < 1.29 is 22.7 Å². The quantitative estimate of drug-likeness (QED) is 0.679. The number of nitrogens with one attached hydrogen (secondary N) is 1. The van der Waals surface area contributed by atoms with Crippen molar-refractivity contribution in [2.45, 2.75) is 19.0 Å². The maximum absolute atomic E-state index is 11.5. The molecule has 0 aromatic heterocycles. The van der Waals surface area contributed by atoms with Crippen LogP contribution < -0.4 is 5.32 Å². The Morgan fingerprint density at radius 1 is 1.50 bits per heavy atom. The standard InChI is InChI=1S/C6H10F3NO2/c1-10-5(11)12-4-2-3-6(7,8)9/h2-4H2,1H3,(H,10,11). The lowest BCUT2D eigenvalue weighted by atomic mass is 10.3.